The Kier molecular flexibility index (Phi) is 20.5. The van der Waals surface area contributed by atoms with E-state index in [2.05, 4.69) is 27.2 Å². The van der Waals surface area contributed by atoms with E-state index in [0.717, 1.165) is 0 Å². The van der Waals surface area contributed by atoms with Gasteiger partial charge in [-0.15, -0.1) is 0 Å². The summed E-state index contributed by atoms with van der Waals surface area (Å²) in [7, 11) is -0.565. The van der Waals surface area contributed by atoms with Crippen LogP contribution in [0.25, 0.3) is 0 Å². The van der Waals surface area contributed by atoms with E-state index in [4.69, 9.17) is 0 Å². The third kappa shape index (κ3) is 18.8. The van der Waals surface area contributed by atoms with E-state index in [1.54, 1.807) is 12.3 Å². The molecule has 0 atom stereocenters. The van der Waals surface area contributed by atoms with Gasteiger partial charge in [0, 0.05) is 20.6 Å². The zero-order valence-electron chi connectivity index (χ0n) is 16.1. The fourth-order valence-corrected chi connectivity index (χ4v) is 5.49. The van der Waals surface area contributed by atoms with E-state index in [9.17, 15) is 0 Å². The Bertz CT molecular complexity index is 184. The maximum Gasteiger partial charge on any atom is 0.0589 e. The predicted octanol–water partition coefficient (Wildman–Crippen LogP) is 4.77. The second-order valence-electron chi connectivity index (χ2n) is 7.63. The Morgan fingerprint density at radius 1 is 0.455 bits per heavy atom. The standard InChI is InChI=1S/C20H44P.ClH/c1-5-7-9-11-13-15-17-19-21(3,4)20-18-16-14-12-10-8-6-2;/h5-20H2,1-4H3;1H/q+1;/p-1. The predicted molar refractivity (Wildman–Crippen MR) is 104 cm³/mol. The molecule has 0 spiro atoms. The molecule has 0 N–H and O–H groups in total. The fourth-order valence-electron chi connectivity index (χ4n) is 3.11. The molecule has 0 unspecified atom stereocenters. The van der Waals surface area contributed by atoms with Crippen molar-refractivity contribution in [3.05, 3.63) is 0 Å². The first-order chi connectivity index (χ1) is 10.1. The van der Waals surface area contributed by atoms with Gasteiger partial charge in [0.2, 0.25) is 0 Å². The number of unbranched alkanes of at least 4 members (excludes halogenated alkanes) is 12. The molecular weight excluding hydrogens is 307 g/mol. The van der Waals surface area contributed by atoms with E-state index in [0.29, 0.717) is 0 Å². The Balaban J connectivity index is 0. The molecule has 0 saturated heterocycles. The van der Waals surface area contributed by atoms with Crippen LogP contribution in [0.2, 0.25) is 0 Å². The van der Waals surface area contributed by atoms with Crippen LogP contribution in [0.3, 0.4) is 0 Å². The van der Waals surface area contributed by atoms with Gasteiger partial charge >= 0.3 is 0 Å². The maximum absolute atomic E-state index is 2.60. The molecule has 0 amide bonds. The number of hydrogen-bond donors (Lipinski definition) is 0. The lowest BCUT2D eigenvalue weighted by atomic mass is 10.1. The van der Waals surface area contributed by atoms with Crippen molar-refractivity contribution in [1.29, 1.82) is 0 Å². The molecule has 0 aromatic rings. The first-order valence-electron chi connectivity index (χ1n) is 9.94. The molecule has 0 saturated carbocycles. The molecular formula is C20H44ClP. The van der Waals surface area contributed by atoms with E-state index in [1.807, 2.05) is 0 Å². The molecule has 0 aliphatic rings. The van der Waals surface area contributed by atoms with Gasteiger partial charge in [-0.1, -0.05) is 78.1 Å². The van der Waals surface area contributed by atoms with Crippen LogP contribution in [-0.2, 0) is 0 Å². The van der Waals surface area contributed by atoms with Gasteiger partial charge in [0.1, 0.15) is 0 Å². The van der Waals surface area contributed by atoms with Gasteiger partial charge in [-0.25, -0.2) is 0 Å². The highest BCUT2D eigenvalue weighted by Crippen LogP contribution is 2.52. The monoisotopic (exact) mass is 350 g/mol. The summed E-state index contributed by atoms with van der Waals surface area (Å²) in [6, 6.07) is 0. The van der Waals surface area contributed by atoms with E-state index < -0.39 is 7.26 Å². The topological polar surface area (TPSA) is 0 Å². The van der Waals surface area contributed by atoms with Crippen molar-refractivity contribution in [3.63, 3.8) is 0 Å². The van der Waals surface area contributed by atoms with Crippen molar-refractivity contribution in [3.8, 4) is 0 Å². The molecule has 0 aliphatic carbocycles. The van der Waals surface area contributed by atoms with Crippen LogP contribution < -0.4 is 12.4 Å². The SMILES string of the molecule is CCCCCCCCC[P+](C)(C)CCCCCCCCC.[Cl-]. The van der Waals surface area contributed by atoms with Crippen molar-refractivity contribution >= 4 is 7.26 Å². The van der Waals surface area contributed by atoms with Gasteiger partial charge in [0.05, 0.1) is 12.3 Å². The molecule has 0 aromatic heterocycles. The second kappa shape index (κ2) is 18.1. The summed E-state index contributed by atoms with van der Waals surface area (Å²) in [6.07, 6.45) is 23.6. The molecule has 0 aliphatic heterocycles. The molecule has 0 aromatic carbocycles. The average molecular weight is 351 g/mol. The number of hydrogen-bond acceptors (Lipinski definition) is 0. The lowest BCUT2D eigenvalue weighted by molar-refractivity contribution is -0.00000497. The molecule has 2 heteroatoms. The van der Waals surface area contributed by atoms with Crippen LogP contribution in [0.1, 0.15) is 104 Å². The van der Waals surface area contributed by atoms with Gasteiger partial charge in [-0.05, 0) is 25.7 Å². The van der Waals surface area contributed by atoms with E-state index in [1.165, 1.54) is 89.9 Å². The van der Waals surface area contributed by atoms with Crippen LogP contribution >= 0.6 is 7.26 Å². The largest absolute Gasteiger partial charge is 1.00 e. The molecule has 22 heavy (non-hydrogen) atoms. The van der Waals surface area contributed by atoms with E-state index >= 15 is 0 Å². The van der Waals surface area contributed by atoms with Crippen molar-refractivity contribution in [1.82, 2.24) is 0 Å². The Labute approximate surface area is 149 Å². The average Bonchev–Trinajstić information content (AvgIpc) is 2.45. The quantitative estimate of drug-likeness (QED) is 0.278. The van der Waals surface area contributed by atoms with Gasteiger partial charge in [0.15, 0.2) is 0 Å². The summed E-state index contributed by atoms with van der Waals surface area (Å²) in [5.74, 6) is 0. The van der Waals surface area contributed by atoms with Crippen molar-refractivity contribution in [2.75, 3.05) is 25.7 Å². The molecule has 0 rings (SSSR count). The van der Waals surface area contributed by atoms with Gasteiger partial charge < -0.3 is 12.4 Å². The summed E-state index contributed by atoms with van der Waals surface area (Å²) in [5, 5.41) is 0. The minimum Gasteiger partial charge on any atom is -1.00 e. The summed E-state index contributed by atoms with van der Waals surface area (Å²) in [6.45, 7) is 9.80. The minimum atomic E-state index is -0.565. The third-order valence-electron chi connectivity index (χ3n) is 4.73. The normalized spacial score (nSPS) is 11.5. The third-order valence-corrected chi connectivity index (χ3v) is 7.79. The van der Waals surface area contributed by atoms with Crippen molar-refractivity contribution in [2.24, 2.45) is 0 Å². The highest BCUT2D eigenvalue weighted by molar-refractivity contribution is 7.74. The van der Waals surface area contributed by atoms with Crippen LogP contribution in [0.5, 0.6) is 0 Å². The van der Waals surface area contributed by atoms with Gasteiger partial charge in [-0.3, -0.25) is 0 Å². The molecule has 136 valence electrons. The Morgan fingerprint density at radius 3 is 1.05 bits per heavy atom. The zero-order chi connectivity index (χ0) is 15.8. The molecule has 0 heterocycles. The molecule has 0 fully saturated rings. The van der Waals surface area contributed by atoms with Crippen molar-refractivity contribution < 1.29 is 12.4 Å². The minimum absolute atomic E-state index is 0. The van der Waals surface area contributed by atoms with Crippen LogP contribution in [0.4, 0.5) is 0 Å². The Morgan fingerprint density at radius 2 is 0.727 bits per heavy atom. The number of halogens is 1. The van der Waals surface area contributed by atoms with Crippen molar-refractivity contribution in [2.45, 2.75) is 104 Å². The second-order valence-corrected chi connectivity index (χ2v) is 12.4. The zero-order valence-corrected chi connectivity index (χ0v) is 17.8. The Hall–Kier alpha value is 0.720. The van der Waals surface area contributed by atoms with Gasteiger partial charge in [-0.2, -0.15) is 0 Å². The summed E-state index contributed by atoms with van der Waals surface area (Å²) in [5.41, 5.74) is 0. The summed E-state index contributed by atoms with van der Waals surface area (Å²) < 4.78 is 0. The first kappa shape index (κ1) is 25.0. The molecule has 0 radical (unpaired) electrons. The lowest BCUT2D eigenvalue weighted by Crippen LogP contribution is -3.00. The summed E-state index contributed by atoms with van der Waals surface area (Å²) in [4.78, 5) is 0. The number of rotatable bonds is 16. The van der Waals surface area contributed by atoms with Crippen LogP contribution in [0, 0.1) is 0 Å². The van der Waals surface area contributed by atoms with E-state index in [-0.39, 0.29) is 12.4 Å². The highest BCUT2D eigenvalue weighted by atomic mass is 35.5. The highest BCUT2D eigenvalue weighted by Gasteiger charge is 2.23. The van der Waals surface area contributed by atoms with Crippen LogP contribution in [0.15, 0.2) is 0 Å². The lowest BCUT2D eigenvalue weighted by Gasteiger charge is -2.18. The fraction of sp³-hybridized carbons (Fsp3) is 1.00. The maximum atomic E-state index is 2.60. The van der Waals surface area contributed by atoms with Gasteiger partial charge in [0.25, 0.3) is 0 Å². The molecule has 0 nitrogen and oxygen atoms in total. The van der Waals surface area contributed by atoms with Crippen LogP contribution in [-0.4, -0.2) is 25.7 Å². The first-order valence-corrected chi connectivity index (χ1v) is 13.0. The molecule has 0 bridgehead atoms. The smallest absolute Gasteiger partial charge is 0.0589 e. The summed E-state index contributed by atoms with van der Waals surface area (Å²) >= 11 is 0.